The molecule has 1 N–H and O–H groups in total. The van der Waals surface area contributed by atoms with Gasteiger partial charge >= 0.3 is 0 Å². The fourth-order valence-electron chi connectivity index (χ4n) is 5.28. The average Bonchev–Trinajstić information content (AvgIpc) is 3.50. The number of likely N-dealkylation sites (tertiary alicyclic amines) is 1. The molecule has 1 amide bonds. The zero-order valence-electron chi connectivity index (χ0n) is 20.8. The predicted molar refractivity (Wildman–Crippen MR) is 138 cm³/mol. The van der Waals surface area contributed by atoms with Crippen LogP contribution in [-0.4, -0.2) is 83.2 Å². The van der Waals surface area contributed by atoms with Crippen molar-refractivity contribution >= 4 is 29.1 Å². The topological polar surface area (TPSA) is 81.9 Å². The Kier molecular flexibility index (Phi) is 7.70. The van der Waals surface area contributed by atoms with Crippen LogP contribution in [0.3, 0.4) is 0 Å². The number of anilines is 1. The van der Waals surface area contributed by atoms with Crippen LogP contribution in [-0.2, 0) is 16.6 Å². The Morgan fingerprint density at radius 2 is 1.86 bits per heavy atom. The summed E-state index contributed by atoms with van der Waals surface area (Å²) < 4.78 is 2.16. The van der Waals surface area contributed by atoms with Crippen LogP contribution in [0.5, 0.6) is 0 Å². The van der Waals surface area contributed by atoms with Crippen molar-refractivity contribution in [2.45, 2.75) is 25.3 Å². The smallest absolute Gasteiger partial charge is 0.290 e. The van der Waals surface area contributed by atoms with Gasteiger partial charge in [0.2, 0.25) is 5.91 Å². The van der Waals surface area contributed by atoms with Gasteiger partial charge in [-0.05, 0) is 57.6 Å². The number of para-hydroxylation sites is 2. The van der Waals surface area contributed by atoms with E-state index in [4.69, 9.17) is 14.9 Å². The largest absolute Gasteiger partial charge is 0.483 e. The van der Waals surface area contributed by atoms with Crippen molar-refractivity contribution in [2.24, 2.45) is 13.0 Å². The quantitative estimate of drug-likeness (QED) is 0.581. The number of carboxylic acid groups (broad SMARTS) is 1. The Balaban J connectivity index is 0.000000917. The standard InChI is InChI=1S/C26H33N5O.CH2O2/c1-28(2)22-13-15-31(18-22)26(32)20-9-7-14-30(17-20)21-10-6-8-19(16-21)25-27-23-11-4-5-12-24(23)29(25)3;2-1-3/h4-6,8,10-12,16,20,22H,7,9,13-15,17-18H2,1-3H3;1H,(H,2,3)/t20-,22?;/m1./s1. The predicted octanol–water partition coefficient (Wildman–Crippen LogP) is 3.32. The molecule has 2 aliphatic heterocycles. The van der Waals surface area contributed by atoms with Crippen molar-refractivity contribution in [2.75, 3.05) is 45.2 Å². The Bertz CT molecular complexity index is 1170. The first-order valence-electron chi connectivity index (χ1n) is 12.2. The summed E-state index contributed by atoms with van der Waals surface area (Å²) in [5.41, 5.74) is 4.45. The number of likely N-dealkylation sites (N-methyl/N-ethyl adjacent to an activating group) is 1. The van der Waals surface area contributed by atoms with Gasteiger partial charge in [0.25, 0.3) is 6.47 Å². The van der Waals surface area contributed by atoms with Crippen molar-refractivity contribution in [3.8, 4) is 11.4 Å². The lowest BCUT2D eigenvalue weighted by Crippen LogP contribution is -2.45. The molecule has 2 aliphatic rings. The molecule has 3 heterocycles. The summed E-state index contributed by atoms with van der Waals surface area (Å²) >= 11 is 0. The maximum Gasteiger partial charge on any atom is 0.290 e. The minimum Gasteiger partial charge on any atom is -0.483 e. The first-order chi connectivity index (χ1) is 16.9. The zero-order chi connectivity index (χ0) is 24.9. The molecular weight excluding hydrogens is 442 g/mol. The molecule has 8 heteroatoms. The number of nitrogens with zero attached hydrogens (tertiary/aromatic N) is 5. The maximum absolute atomic E-state index is 13.2. The van der Waals surface area contributed by atoms with Crippen molar-refractivity contribution < 1.29 is 14.7 Å². The van der Waals surface area contributed by atoms with Gasteiger partial charge in [0.1, 0.15) is 5.82 Å². The van der Waals surface area contributed by atoms with E-state index >= 15 is 0 Å². The van der Waals surface area contributed by atoms with Crippen LogP contribution in [0.1, 0.15) is 19.3 Å². The van der Waals surface area contributed by atoms with Crippen molar-refractivity contribution in [1.82, 2.24) is 19.4 Å². The van der Waals surface area contributed by atoms with Gasteiger partial charge in [-0.1, -0.05) is 24.3 Å². The molecule has 0 bridgehead atoms. The minimum atomic E-state index is -0.250. The van der Waals surface area contributed by atoms with E-state index in [-0.39, 0.29) is 12.4 Å². The van der Waals surface area contributed by atoms with E-state index in [0.717, 1.165) is 67.9 Å². The molecule has 3 aromatic rings. The van der Waals surface area contributed by atoms with Gasteiger partial charge in [-0.3, -0.25) is 9.59 Å². The second-order valence-corrected chi connectivity index (χ2v) is 9.61. The summed E-state index contributed by atoms with van der Waals surface area (Å²) in [6.45, 7) is 3.30. The van der Waals surface area contributed by atoms with E-state index in [1.807, 2.05) is 6.07 Å². The van der Waals surface area contributed by atoms with E-state index in [0.29, 0.717) is 11.9 Å². The number of amides is 1. The molecule has 0 radical (unpaired) electrons. The van der Waals surface area contributed by atoms with Crippen LogP contribution >= 0.6 is 0 Å². The number of hydrogen-bond donors (Lipinski definition) is 1. The van der Waals surface area contributed by atoms with Crippen molar-refractivity contribution in [3.63, 3.8) is 0 Å². The van der Waals surface area contributed by atoms with Gasteiger partial charge in [-0.15, -0.1) is 0 Å². The SMILES string of the molecule is CN(C)C1CCN(C(=O)[C@@H]2CCCN(c3cccc(-c4nc5ccccc5n4C)c3)C2)C1.O=CO. The second kappa shape index (κ2) is 10.9. The number of benzene rings is 2. The van der Waals surface area contributed by atoms with Crippen LogP contribution in [0.15, 0.2) is 48.5 Å². The van der Waals surface area contributed by atoms with Crippen molar-refractivity contribution in [3.05, 3.63) is 48.5 Å². The van der Waals surface area contributed by atoms with Crippen LogP contribution in [0, 0.1) is 5.92 Å². The van der Waals surface area contributed by atoms with Gasteiger partial charge in [0, 0.05) is 50.5 Å². The highest BCUT2D eigenvalue weighted by atomic mass is 16.3. The summed E-state index contributed by atoms with van der Waals surface area (Å²) in [5.74, 6) is 1.40. The summed E-state index contributed by atoms with van der Waals surface area (Å²) in [6, 6.07) is 17.4. The van der Waals surface area contributed by atoms with Crippen molar-refractivity contribution in [1.29, 1.82) is 0 Å². The highest BCUT2D eigenvalue weighted by Gasteiger charge is 2.34. The third-order valence-electron chi connectivity index (χ3n) is 7.23. The van der Waals surface area contributed by atoms with Gasteiger partial charge in [-0.2, -0.15) is 0 Å². The molecule has 35 heavy (non-hydrogen) atoms. The molecule has 1 unspecified atom stereocenters. The Hall–Kier alpha value is -3.39. The van der Waals surface area contributed by atoms with E-state index in [9.17, 15) is 4.79 Å². The minimum absolute atomic E-state index is 0.0871. The lowest BCUT2D eigenvalue weighted by atomic mass is 9.96. The normalized spacial score (nSPS) is 20.1. The lowest BCUT2D eigenvalue weighted by Gasteiger charge is -2.35. The van der Waals surface area contributed by atoms with E-state index < -0.39 is 0 Å². The van der Waals surface area contributed by atoms with E-state index in [1.165, 1.54) is 5.69 Å². The molecule has 2 atom stereocenters. The summed E-state index contributed by atoms with van der Waals surface area (Å²) in [4.78, 5) is 33.2. The van der Waals surface area contributed by atoms with Crippen LogP contribution in [0.2, 0.25) is 0 Å². The molecule has 0 aliphatic carbocycles. The van der Waals surface area contributed by atoms with Gasteiger partial charge in [0.15, 0.2) is 0 Å². The molecule has 0 saturated carbocycles. The Morgan fingerprint density at radius 1 is 1.09 bits per heavy atom. The third-order valence-corrected chi connectivity index (χ3v) is 7.23. The summed E-state index contributed by atoms with van der Waals surface area (Å²) in [6.07, 6.45) is 3.12. The number of carbonyl (C=O) groups is 2. The summed E-state index contributed by atoms with van der Waals surface area (Å²) in [5, 5.41) is 6.89. The Morgan fingerprint density at radius 3 is 2.57 bits per heavy atom. The molecule has 1 aromatic heterocycles. The first-order valence-corrected chi connectivity index (χ1v) is 12.2. The molecule has 186 valence electrons. The maximum atomic E-state index is 13.2. The summed E-state index contributed by atoms with van der Waals surface area (Å²) in [7, 11) is 6.29. The fraction of sp³-hybridized carbons (Fsp3) is 0.444. The van der Waals surface area contributed by atoms with E-state index in [2.05, 4.69) is 82.9 Å². The lowest BCUT2D eigenvalue weighted by molar-refractivity contribution is -0.134. The number of aromatic nitrogens is 2. The van der Waals surface area contributed by atoms with Crippen LogP contribution < -0.4 is 4.90 Å². The van der Waals surface area contributed by atoms with Crippen LogP contribution in [0.25, 0.3) is 22.4 Å². The number of hydrogen-bond acceptors (Lipinski definition) is 5. The van der Waals surface area contributed by atoms with Gasteiger partial charge < -0.3 is 24.4 Å². The van der Waals surface area contributed by atoms with Crippen LogP contribution in [0.4, 0.5) is 5.69 Å². The average molecular weight is 478 g/mol. The number of fused-ring (bicyclic) bond motifs is 1. The molecule has 2 aromatic carbocycles. The second-order valence-electron chi connectivity index (χ2n) is 9.61. The monoisotopic (exact) mass is 477 g/mol. The van der Waals surface area contributed by atoms with E-state index in [1.54, 1.807) is 0 Å². The fourth-order valence-corrected chi connectivity index (χ4v) is 5.28. The molecule has 2 saturated heterocycles. The molecule has 5 rings (SSSR count). The Labute approximate surface area is 206 Å². The van der Waals surface area contributed by atoms with Gasteiger partial charge in [0.05, 0.1) is 17.0 Å². The van der Waals surface area contributed by atoms with Gasteiger partial charge in [-0.25, -0.2) is 4.98 Å². The highest BCUT2D eigenvalue weighted by Crippen LogP contribution is 2.30. The molecule has 8 nitrogen and oxygen atoms in total. The number of piperidine rings is 1. The number of aryl methyl sites for hydroxylation is 1. The number of rotatable bonds is 4. The third kappa shape index (κ3) is 5.32. The highest BCUT2D eigenvalue weighted by molar-refractivity contribution is 5.82. The first kappa shape index (κ1) is 24.7. The number of imidazole rings is 1. The molecular formula is C27H35N5O3. The number of carbonyl (C=O) groups excluding carboxylic acids is 1. The molecule has 2 fully saturated rings. The molecule has 0 spiro atoms. The zero-order valence-corrected chi connectivity index (χ0v) is 20.8.